The fourth-order valence-electron chi connectivity index (χ4n) is 6.13. The lowest BCUT2D eigenvalue weighted by Gasteiger charge is -2.34. The van der Waals surface area contributed by atoms with E-state index in [1.54, 1.807) is 27.2 Å². The van der Waals surface area contributed by atoms with Crippen molar-refractivity contribution in [1.29, 1.82) is 0 Å². The van der Waals surface area contributed by atoms with Crippen LogP contribution in [0.1, 0.15) is 174 Å². The van der Waals surface area contributed by atoms with Gasteiger partial charge in [0.15, 0.2) is 6.10 Å². The molecule has 0 rings (SSSR count). The van der Waals surface area contributed by atoms with Gasteiger partial charge in [-0.15, -0.1) is 0 Å². The lowest BCUT2D eigenvalue weighted by molar-refractivity contribution is -0.889. The van der Waals surface area contributed by atoms with Gasteiger partial charge in [0.2, 0.25) is 0 Å². The van der Waals surface area contributed by atoms with Crippen LogP contribution in [0.25, 0.3) is 0 Å². The maximum Gasteiger partial charge on any atom is 0.310 e. The smallest absolute Gasteiger partial charge is 0.310 e. The second kappa shape index (κ2) is 37.2. The van der Waals surface area contributed by atoms with Crippen molar-refractivity contribution in [2.24, 2.45) is 0 Å². The summed E-state index contributed by atoms with van der Waals surface area (Å²) in [7, 11) is 5.37. The Morgan fingerprint density at radius 2 is 1.09 bits per heavy atom. The molecule has 0 spiro atoms. The highest BCUT2D eigenvalue weighted by Crippen LogP contribution is 2.14. The summed E-state index contributed by atoms with van der Waals surface area (Å²) in [5, 5.41) is 11.6. The van der Waals surface area contributed by atoms with Gasteiger partial charge < -0.3 is 28.6 Å². The van der Waals surface area contributed by atoms with E-state index in [9.17, 15) is 19.5 Å². The van der Waals surface area contributed by atoms with Gasteiger partial charge in [0, 0.05) is 12.8 Å². The summed E-state index contributed by atoms with van der Waals surface area (Å²) in [6, 6.07) is -0.739. The van der Waals surface area contributed by atoms with E-state index in [4.69, 9.17) is 14.2 Å². The molecular formula is C46H81NO7. The number of hydrogen-bond acceptors (Lipinski definition) is 7. The van der Waals surface area contributed by atoms with Crippen molar-refractivity contribution in [3.8, 4) is 0 Å². The highest BCUT2D eigenvalue weighted by Gasteiger charge is 2.25. The van der Waals surface area contributed by atoms with Crippen molar-refractivity contribution in [2.75, 3.05) is 41.0 Å². The Balaban J connectivity index is 4.26. The Morgan fingerprint density at radius 3 is 1.61 bits per heavy atom. The van der Waals surface area contributed by atoms with Crippen LogP contribution in [0.3, 0.4) is 0 Å². The van der Waals surface area contributed by atoms with Gasteiger partial charge in [0.05, 0.1) is 46.7 Å². The summed E-state index contributed by atoms with van der Waals surface area (Å²) in [5.41, 5.74) is 0. The van der Waals surface area contributed by atoms with Crippen molar-refractivity contribution >= 4 is 17.9 Å². The number of esters is 2. The number of quaternary nitrogens is 1. The van der Waals surface area contributed by atoms with E-state index in [-0.39, 0.29) is 43.1 Å². The third-order valence-electron chi connectivity index (χ3n) is 9.48. The molecule has 0 aliphatic rings. The minimum Gasteiger partial charge on any atom is -0.544 e. The Bertz CT molecular complexity index is 1030. The second-order valence-electron chi connectivity index (χ2n) is 15.6. The average molecular weight is 760 g/mol. The molecule has 0 aliphatic carbocycles. The number of carbonyl (C=O) groups excluding carboxylic acids is 3. The monoisotopic (exact) mass is 760 g/mol. The predicted octanol–water partition coefficient (Wildman–Crippen LogP) is 10.3. The van der Waals surface area contributed by atoms with E-state index in [1.807, 2.05) is 12.2 Å². The van der Waals surface area contributed by atoms with Crippen molar-refractivity contribution in [3.05, 3.63) is 48.6 Å². The molecule has 0 amide bonds. The molecule has 8 heteroatoms. The standard InChI is InChI=1S/C46H81NO7/c1-6-8-10-12-14-16-17-18-19-20-21-22-23-24-25-26-27-29-30-32-34-36-44(48)53-41-42(40-52-39-38-43(46(50)51)47(3,4)5)54-45(49)37-35-33-31-28-15-13-11-9-7-2/h9,11,15,22-23,28,33,35,42-43H,6-8,10,12-14,16-21,24-27,29-32,34,36-41H2,1-5H3/b11-9+,23-22+,28-15+,35-33+. The van der Waals surface area contributed by atoms with Crippen LogP contribution in [0.4, 0.5) is 0 Å². The van der Waals surface area contributed by atoms with Gasteiger partial charge in [-0.05, 0) is 51.4 Å². The fraction of sp³-hybridized carbons (Fsp3) is 0.761. The van der Waals surface area contributed by atoms with Gasteiger partial charge >= 0.3 is 11.9 Å². The number of likely N-dealkylation sites (N-methyl/N-ethyl adjacent to an activating group) is 1. The zero-order valence-corrected chi connectivity index (χ0v) is 35.4. The van der Waals surface area contributed by atoms with Crippen LogP contribution < -0.4 is 5.11 Å². The topological polar surface area (TPSA) is 102 Å². The lowest BCUT2D eigenvalue weighted by atomic mass is 10.1. The zero-order chi connectivity index (χ0) is 40.0. The Morgan fingerprint density at radius 1 is 0.593 bits per heavy atom. The molecule has 2 unspecified atom stereocenters. The number of unbranched alkanes of at least 4 members (excludes halogenated alkanes) is 17. The van der Waals surface area contributed by atoms with Gasteiger partial charge in [-0.1, -0.05) is 152 Å². The highest BCUT2D eigenvalue weighted by atomic mass is 16.6. The summed E-state index contributed by atoms with van der Waals surface area (Å²) in [5.74, 6) is -1.90. The molecular weight excluding hydrogens is 679 g/mol. The predicted molar refractivity (Wildman–Crippen MR) is 222 cm³/mol. The molecule has 0 radical (unpaired) electrons. The van der Waals surface area contributed by atoms with Crippen LogP contribution >= 0.6 is 0 Å². The number of nitrogens with zero attached hydrogens (tertiary/aromatic N) is 1. The number of hydrogen-bond donors (Lipinski definition) is 0. The third-order valence-corrected chi connectivity index (χ3v) is 9.48. The molecule has 0 fully saturated rings. The molecule has 2 atom stereocenters. The summed E-state index contributed by atoms with van der Waals surface area (Å²) in [4.78, 5) is 36.6. The molecule has 54 heavy (non-hydrogen) atoms. The van der Waals surface area contributed by atoms with Crippen LogP contribution in [-0.4, -0.2) is 75.5 Å². The number of carbonyl (C=O) groups is 3. The van der Waals surface area contributed by atoms with Gasteiger partial charge in [-0.3, -0.25) is 9.59 Å². The van der Waals surface area contributed by atoms with Crippen molar-refractivity contribution < 1.29 is 38.2 Å². The summed E-state index contributed by atoms with van der Waals surface area (Å²) < 4.78 is 17.0. The molecule has 0 aromatic heterocycles. The van der Waals surface area contributed by atoms with Crippen LogP contribution in [-0.2, 0) is 28.6 Å². The van der Waals surface area contributed by atoms with Crippen LogP contribution in [0.2, 0.25) is 0 Å². The van der Waals surface area contributed by atoms with E-state index in [0.717, 1.165) is 38.5 Å². The molecule has 0 aliphatic heterocycles. The minimum absolute atomic E-state index is 0.00279. The van der Waals surface area contributed by atoms with E-state index >= 15 is 0 Å². The first-order valence-corrected chi connectivity index (χ1v) is 21.7. The molecule has 0 bridgehead atoms. The first-order chi connectivity index (χ1) is 26.1. The van der Waals surface area contributed by atoms with E-state index < -0.39 is 24.1 Å². The van der Waals surface area contributed by atoms with E-state index in [2.05, 4.69) is 44.2 Å². The number of allylic oxidation sites excluding steroid dienone is 7. The maximum absolute atomic E-state index is 12.6. The number of carboxylic acids is 1. The number of ether oxygens (including phenoxy) is 3. The van der Waals surface area contributed by atoms with Crippen LogP contribution in [0.15, 0.2) is 48.6 Å². The zero-order valence-electron chi connectivity index (χ0n) is 35.4. The quantitative estimate of drug-likeness (QED) is 0.0267. The van der Waals surface area contributed by atoms with Crippen molar-refractivity contribution in [1.82, 2.24) is 0 Å². The van der Waals surface area contributed by atoms with Gasteiger partial charge in [0.1, 0.15) is 12.6 Å². The Kier molecular flexibility index (Phi) is 35.4. The van der Waals surface area contributed by atoms with Gasteiger partial charge in [-0.25, -0.2) is 0 Å². The first-order valence-electron chi connectivity index (χ1n) is 21.7. The molecule has 0 heterocycles. The molecule has 312 valence electrons. The lowest BCUT2D eigenvalue weighted by Crippen LogP contribution is -2.55. The SMILES string of the molecule is CC/C=C/C/C=C/C/C=C/CC(=O)OC(COCCC(C(=O)[O-])[N+](C)(C)C)COC(=O)CCCCCCCCC/C=C/CCCCCCCCCCCC. The minimum atomic E-state index is -1.14. The molecule has 0 saturated carbocycles. The molecule has 0 aromatic carbocycles. The number of rotatable bonds is 38. The van der Waals surface area contributed by atoms with Crippen LogP contribution in [0, 0.1) is 0 Å². The van der Waals surface area contributed by atoms with Crippen molar-refractivity contribution in [3.63, 3.8) is 0 Å². The summed E-state index contributed by atoms with van der Waals surface area (Å²) in [6.45, 7) is 4.42. The molecule has 8 nitrogen and oxygen atoms in total. The second-order valence-corrected chi connectivity index (χ2v) is 15.6. The fourth-order valence-corrected chi connectivity index (χ4v) is 6.13. The van der Waals surface area contributed by atoms with E-state index in [1.165, 1.54) is 103 Å². The Labute approximate surface area is 331 Å². The molecule has 0 saturated heterocycles. The van der Waals surface area contributed by atoms with E-state index in [0.29, 0.717) is 6.42 Å². The number of aliphatic carboxylic acids is 1. The first kappa shape index (κ1) is 51.3. The molecule has 0 aromatic rings. The largest absolute Gasteiger partial charge is 0.544 e. The van der Waals surface area contributed by atoms with Crippen molar-refractivity contribution in [2.45, 2.75) is 187 Å². The third kappa shape index (κ3) is 35.0. The normalized spacial score (nSPS) is 13.4. The van der Waals surface area contributed by atoms with Gasteiger partial charge in [-0.2, -0.15) is 0 Å². The van der Waals surface area contributed by atoms with Crippen LogP contribution in [0.5, 0.6) is 0 Å². The highest BCUT2D eigenvalue weighted by molar-refractivity contribution is 5.71. The average Bonchev–Trinajstić information content (AvgIpc) is 3.12. The number of carboxylic acid groups (broad SMARTS) is 1. The summed E-state index contributed by atoms with van der Waals surface area (Å²) in [6.07, 6.45) is 43.3. The summed E-state index contributed by atoms with van der Waals surface area (Å²) >= 11 is 0. The Hall–Kier alpha value is -2.71. The maximum atomic E-state index is 12.6. The van der Waals surface area contributed by atoms with Gasteiger partial charge in [0.25, 0.3) is 0 Å². The molecule has 0 N–H and O–H groups in total.